The highest BCUT2D eigenvalue weighted by atomic mass is 35.5. The summed E-state index contributed by atoms with van der Waals surface area (Å²) in [5.41, 5.74) is 1.92. The van der Waals surface area contributed by atoms with Gasteiger partial charge in [-0.05, 0) is 98.7 Å². The predicted molar refractivity (Wildman–Crippen MR) is 284 cm³/mol. The number of thioether (sulfide) groups is 1. The molecule has 428 valence electrons. The SMILES string of the molecule is CCc1cccc(C)c1N(C(=O)CCl)C(C)COC.COC(=O)CSc1cc(/N=c2\sc(=O)n3n2CCCC3)c(F)cc1Cl.CS(=O)(=O)c1cc(C(F)(F)F)ccc1C(=O)c1cnoc1C1CC1.O=C(O)CNCP(=O)(O)O. The third kappa shape index (κ3) is 19.0. The zero-order valence-corrected chi connectivity index (χ0v) is 47.7. The molecule has 20 nitrogen and oxygen atoms in total. The number of methoxy groups -OCH3 is 2. The van der Waals surface area contributed by atoms with Gasteiger partial charge in [-0.25, -0.2) is 22.5 Å². The molecule has 3 heterocycles. The summed E-state index contributed by atoms with van der Waals surface area (Å²) < 4.78 is 105. The molecule has 1 aliphatic heterocycles. The van der Waals surface area contributed by atoms with E-state index in [-0.39, 0.29) is 56.2 Å². The fraction of sp³-hybridized carbons (Fsp3) is 0.438. The van der Waals surface area contributed by atoms with Gasteiger partial charge in [-0.2, -0.15) is 13.2 Å². The number of hydrogen-bond acceptors (Lipinski definition) is 16. The highest BCUT2D eigenvalue weighted by Gasteiger charge is 2.36. The Morgan fingerprint density at radius 1 is 1.08 bits per heavy atom. The normalized spacial score (nSPS) is 13.8. The molecule has 30 heteroatoms. The van der Waals surface area contributed by atoms with Gasteiger partial charge in [0.25, 0.3) is 0 Å². The number of aromatic nitrogens is 3. The average Bonchev–Trinajstić information content (AvgIpc) is 4.03. The number of sulfone groups is 1. The van der Waals surface area contributed by atoms with Crippen LogP contribution in [-0.2, 0) is 63.9 Å². The summed E-state index contributed by atoms with van der Waals surface area (Å²) in [5, 5.41) is 13.8. The van der Waals surface area contributed by atoms with Crippen molar-refractivity contribution in [3.8, 4) is 0 Å². The van der Waals surface area contributed by atoms with Crippen molar-refractivity contribution in [2.75, 3.05) is 56.4 Å². The van der Waals surface area contributed by atoms with E-state index in [2.05, 4.69) is 33.2 Å². The maximum absolute atomic E-state index is 14.3. The van der Waals surface area contributed by atoms with E-state index in [0.717, 1.165) is 90.4 Å². The number of rotatable bonds is 18. The van der Waals surface area contributed by atoms with Gasteiger partial charge >= 0.3 is 30.6 Å². The molecule has 1 saturated carbocycles. The Bertz CT molecular complexity index is 3230. The topological polar surface area (TPSA) is 279 Å². The summed E-state index contributed by atoms with van der Waals surface area (Å²) in [4.78, 5) is 80.6. The summed E-state index contributed by atoms with van der Waals surface area (Å²) in [7, 11) is -5.20. The largest absolute Gasteiger partial charge is 0.480 e. The van der Waals surface area contributed by atoms with E-state index in [9.17, 15) is 54.5 Å². The van der Waals surface area contributed by atoms with Gasteiger partial charge in [-0.15, -0.1) is 23.4 Å². The first kappa shape index (κ1) is 65.3. The summed E-state index contributed by atoms with van der Waals surface area (Å²) in [6.45, 7) is 7.45. The van der Waals surface area contributed by atoms with Crippen LogP contribution in [0.1, 0.15) is 83.8 Å². The van der Waals surface area contributed by atoms with Gasteiger partial charge in [-0.1, -0.05) is 41.9 Å². The fourth-order valence-corrected chi connectivity index (χ4v) is 10.9. The van der Waals surface area contributed by atoms with E-state index < -0.39 is 70.4 Å². The van der Waals surface area contributed by atoms with Gasteiger partial charge < -0.3 is 33.8 Å². The molecule has 3 aromatic carbocycles. The number of anilines is 1. The Balaban J connectivity index is 0.000000234. The Kier molecular flexibility index (Phi) is 24.5. The van der Waals surface area contributed by atoms with Crippen molar-refractivity contribution in [2.45, 2.75) is 93.9 Å². The fourth-order valence-electron chi connectivity index (χ4n) is 7.46. The van der Waals surface area contributed by atoms with Crippen LogP contribution in [0.3, 0.4) is 0 Å². The van der Waals surface area contributed by atoms with Crippen LogP contribution in [0.2, 0.25) is 5.02 Å². The second kappa shape index (κ2) is 29.3. The molecule has 0 spiro atoms. The van der Waals surface area contributed by atoms with Crippen molar-refractivity contribution in [1.82, 2.24) is 19.8 Å². The molecule has 0 saturated heterocycles. The summed E-state index contributed by atoms with van der Waals surface area (Å²) >= 11 is 13.9. The monoisotopic (exact) mass is 1210 g/mol. The van der Waals surface area contributed by atoms with Crippen LogP contribution >= 0.6 is 53.9 Å². The molecule has 78 heavy (non-hydrogen) atoms. The van der Waals surface area contributed by atoms with E-state index in [1.54, 1.807) is 21.4 Å². The van der Waals surface area contributed by atoms with Crippen LogP contribution in [0.4, 0.5) is 28.9 Å². The van der Waals surface area contributed by atoms with Crippen molar-refractivity contribution in [2.24, 2.45) is 4.99 Å². The van der Waals surface area contributed by atoms with Crippen LogP contribution in [0, 0.1) is 12.7 Å². The predicted octanol–water partition coefficient (Wildman–Crippen LogP) is 7.96. The first-order valence-corrected chi connectivity index (χ1v) is 29.8. The maximum Gasteiger partial charge on any atom is 0.416 e. The first-order valence-electron chi connectivity index (χ1n) is 23.4. The molecule has 2 aromatic heterocycles. The molecule has 0 radical (unpaired) electrons. The maximum atomic E-state index is 14.3. The minimum Gasteiger partial charge on any atom is -0.480 e. The molecule has 1 fully saturated rings. The summed E-state index contributed by atoms with van der Waals surface area (Å²) in [6.07, 6.45) is 1.03. The molecule has 7 rings (SSSR count). The number of amides is 1. The van der Waals surface area contributed by atoms with Crippen molar-refractivity contribution >= 4 is 98.7 Å². The number of alkyl halides is 4. The minimum absolute atomic E-state index is 0.0223. The second-order valence-corrected chi connectivity index (χ2v) is 23.5. The van der Waals surface area contributed by atoms with Crippen LogP contribution in [0.25, 0.3) is 0 Å². The number of nitrogens with zero attached hydrogens (tertiary/aromatic N) is 5. The van der Waals surface area contributed by atoms with Gasteiger partial charge in [0.05, 0.1) is 71.3 Å². The number of fused-ring (bicyclic) bond motifs is 1. The number of carboxylic acid groups (broad SMARTS) is 1. The molecule has 0 bridgehead atoms. The number of aliphatic carboxylic acids is 1. The summed E-state index contributed by atoms with van der Waals surface area (Å²) in [5.74, 6) is -2.50. The lowest BCUT2D eigenvalue weighted by Gasteiger charge is -2.31. The molecule has 1 aliphatic carbocycles. The van der Waals surface area contributed by atoms with Crippen molar-refractivity contribution in [3.05, 3.63) is 114 Å². The van der Waals surface area contributed by atoms with Crippen LogP contribution in [0.5, 0.6) is 0 Å². The number of para-hydroxylation sites is 1. The number of hydrogen-bond donors (Lipinski definition) is 4. The number of carbonyl (C=O) groups excluding carboxylic acids is 3. The lowest BCUT2D eigenvalue weighted by Crippen LogP contribution is -2.43. The number of carboxylic acids is 1. The molecule has 4 N–H and O–H groups in total. The standard InChI is InChI=1S/C15H15ClFN3O3S2.C15H22ClNO2.C15H12F3NO4S.C3H8NO5P/c1-23-13(21)8-24-12-7-11(10(17)6-9(12)16)18-14-19-4-2-3-5-20(19)15(22)25-14;1-5-13-8-6-7-11(2)15(13)17(14(18)9-16)12(3)10-19-4;1-24(21,22)12-6-9(15(16,17)18)4-5-10(12)13(20)11-7-19-23-14(11)8-2-3-8;5-3(6)1-4-2-10(7,8)9/h6-7H,2-5,8H2,1H3;6-8,12H,5,9-10H2,1-4H3;4-8H,2-3H2,1H3;4H,1-2H2,(H,5,6)(H2,7,8,9)/b18-14-;;;. The summed E-state index contributed by atoms with van der Waals surface area (Å²) in [6, 6.07) is 10.7. The van der Waals surface area contributed by atoms with Gasteiger partial charge in [0.1, 0.15) is 17.4 Å². The number of ketones is 1. The average molecular weight is 1220 g/mol. The van der Waals surface area contributed by atoms with Crippen LogP contribution in [0.15, 0.2) is 78.8 Å². The van der Waals surface area contributed by atoms with Crippen molar-refractivity contribution in [3.63, 3.8) is 0 Å². The van der Waals surface area contributed by atoms with Crippen LogP contribution < -0.4 is 19.9 Å². The Morgan fingerprint density at radius 2 is 1.74 bits per heavy atom. The third-order valence-corrected chi connectivity index (χ3v) is 15.5. The molecule has 1 atom stereocenters. The number of esters is 1. The van der Waals surface area contributed by atoms with E-state index in [0.29, 0.717) is 47.3 Å². The minimum atomic E-state index is -4.71. The molecule has 5 aromatic rings. The van der Waals surface area contributed by atoms with Gasteiger partial charge in [-0.3, -0.25) is 38.5 Å². The van der Waals surface area contributed by atoms with Crippen molar-refractivity contribution < 1.29 is 78.6 Å². The van der Waals surface area contributed by atoms with E-state index in [1.807, 2.05) is 26.0 Å². The van der Waals surface area contributed by atoms with Gasteiger partial charge in [0, 0.05) is 42.8 Å². The quantitative estimate of drug-likeness (QED) is 0.0162. The molecular weight excluding hydrogens is 1160 g/mol. The van der Waals surface area contributed by atoms with Crippen LogP contribution in [-0.4, -0.2) is 119 Å². The first-order chi connectivity index (χ1) is 36.6. The molecule has 2 aliphatic rings. The lowest BCUT2D eigenvalue weighted by atomic mass is 10.0. The lowest BCUT2D eigenvalue weighted by molar-refractivity contribution is -0.138. The Labute approximate surface area is 463 Å². The van der Waals surface area contributed by atoms with E-state index in [4.69, 9.17) is 47.4 Å². The third-order valence-electron chi connectivity index (χ3n) is 11.2. The number of ether oxygens (including phenoxy) is 2. The molecule has 1 amide bonds. The van der Waals surface area contributed by atoms with Gasteiger partial charge in [0.15, 0.2) is 21.4 Å². The molecule has 1 unspecified atom stereocenters. The zero-order valence-electron chi connectivity index (χ0n) is 42.8. The zero-order chi connectivity index (χ0) is 58.3. The number of aryl methyl sites for hydroxylation is 2. The highest BCUT2D eigenvalue weighted by Crippen LogP contribution is 2.43. The number of nitrogens with one attached hydrogen (secondary N) is 1. The van der Waals surface area contributed by atoms with Gasteiger partial charge in [0.2, 0.25) is 10.7 Å². The van der Waals surface area contributed by atoms with Crippen molar-refractivity contribution in [1.29, 1.82) is 0 Å². The second-order valence-electron chi connectivity index (χ2n) is 17.3. The van der Waals surface area contributed by atoms with E-state index in [1.165, 1.54) is 19.4 Å². The number of halogens is 6. The Hall–Kier alpha value is -5.22. The molecular formula is C48H57Cl2F4N6O14PS3. The van der Waals surface area contributed by atoms with E-state index >= 15 is 0 Å². The smallest absolute Gasteiger partial charge is 0.416 e. The number of carbonyl (C=O) groups is 4. The number of benzene rings is 3. The highest BCUT2D eigenvalue weighted by molar-refractivity contribution is 8.00. The Morgan fingerprint density at radius 3 is 2.31 bits per heavy atom.